The summed E-state index contributed by atoms with van der Waals surface area (Å²) in [5, 5.41) is 3.07. The molecule has 0 spiro atoms. The highest BCUT2D eigenvalue weighted by molar-refractivity contribution is 5.86. The van der Waals surface area contributed by atoms with Gasteiger partial charge in [-0.25, -0.2) is 0 Å². The first-order chi connectivity index (χ1) is 12.7. The predicted octanol–water partition coefficient (Wildman–Crippen LogP) is 3.63. The van der Waals surface area contributed by atoms with E-state index in [1.165, 1.54) is 12.1 Å². The van der Waals surface area contributed by atoms with E-state index in [1.807, 2.05) is 0 Å². The number of amides is 1. The van der Waals surface area contributed by atoms with Crippen molar-refractivity contribution in [1.82, 2.24) is 10.2 Å². The van der Waals surface area contributed by atoms with Gasteiger partial charge in [0.05, 0.1) is 5.54 Å². The van der Waals surface area contributed by atoms with Gasteiger partial charge in [0.1, 0.15) is 0 Å². The van der Waals surface area contributed by atoms with Gasteiger partial charge in [0.2, 0.25) is 5.91 Å². The Balaban J connectivity index is 0.00000261. The molecule has 8 heteroatoms. The molecule has 0 bridgehead atoms. The van der Waals surface area contributed by atoms with Crippen LogP contribution < -0.4 is 16.0 Å². The lowest BCUT2D eigenvalue weighted by Gasteiger charge is -2.36. The Morgan fingerprint density at radius 3 is 2.17 bits per heavy atom. The summed E-state index contributed by atoms with van der Waals surface area (Å²) in [6, 6.07) is 10.7. The summed E-state index contributed by atoms with van der Waals surface area (Å²) in [5.74, 6) is 0.0636. The van der Waals surface area contributed by atoms with Crippen LogP contribution in [0.3, 0.4) is 0 Å². The first kappa shape index (κ1) is 28.3. The zero-order chi connectivity index (χ0) is 18.2. The number of rotatable bonds is 7. The summed E-state index contributed by atoms with van der Waals surface area (Å²) in [4.78, 5) is 17.3. The number of hydrogen-bond donors (Lipinski definition) is 2. The lowest BCUT2D eigenvalue weighted by Crippen LogP contribution is -2.55. The minimum Gasteiger partial charge on any atom is -0.369 e. The Kier molecular flexibility index (Phi) is 14.0. The first-order valence-corrected chi connectivity index (χ1v) is 10.3. The summed E-state index contributed by atoms with van der Waals surface area (Å²) in [6.07, 6.45) is 7.21. The number of benzene rings is 1. The van der Waals surface area contributed by atoms with E-state index >= 15 is 0 Å². The van der Waals surface area contributed by atoms with Crippen molar-refractivity contribution < 1.29 is 4.79 Å². The third kappa shape index (κ3) is 8.50. The molecule has 0 radical (unpaired) electrons. The molecular weight excluding hydrogens is 431 g/mol. The normalized spacial score (nSPS) is 18.6. The van der Waals surface area contributed by atoms with Crippen molar-refractivity contribution in [3.63, 3.8) is 0 Å². The molecule has 1 aromatic rings. The van der Waals surface area contributed by atoms with E-state index in [2.05, 4.69) is 45.4 Å². The van der Waals surface area contributed by atoms with Crippen molar-refractivity contribution in [2.45, 2.75) is 50.5 Å². The molecule has 3 N–H and O–H groups in total. The van der Waals surface area contributed by atoms with Crippen LogP contribution in [0.4, 0.5) is 5.69 Å². The second-order valence-corrected chi connectivity index (χ2v) is 7.84. The second kappa shape index (κ2) is 14.3. The van der Waals surface area contributed by atoms with Crippen LogP contribution in [0.25, 0.3) is 0 Å². The molecule has 1 saturated carbocycles. The van der Waals surface area contributed by atoms with Gasteiger partial charge < -0.3 is 16.0 Å². The smallest absolute Gasteiger partial charge is 0.240 e. The molecule has 2 aliphatic rings. The summed E-state index contributed by atoms with van der Waals surface area (Å²) in [5.41, 5.74) is 6.99. The first-order valence-electron chi connectivity index (χ1n) is 10.3. The maximum Gasteiger partial charge on any atom is 0.240 e. The van der Waals surface area contributed by atoms with Crippen LogP contribution in [0, 0.1) is 0 Å². The number of halogens is 3. The Labute approximate surface area is 194 Å². The molecule has 1 saturated heterocycles. The largest absolute Gasteiger partial charge is 0.369 e. The zero-order valence-electron chi connectivity index (χ0n) is 17.2. The van der Waals surface area contributed by atoms with Crippen LogP contribution in [0.1, 0.15) is 44.9 Å². The van der Waals surface area contributed by atoms with Gasteiger partial charge >= 0.3 is 0 Å². The molecule has 0 aromatic heterocycles. The van der Waals surface area contributed by atoms with Gasteiger partial charge in [0.15, 0.2) is 0 Å². The summed E-state index contributed by atoms with van der Waals surface area (Å²) >= 11 is 0. The van der Waals surface area contributed by atoms with E-state index in [0.29, 0.717) is 0 Å². The van der Waals surface area contributed by atoms with E-state index in [4.69, 9.17) is 5.73 Å². The van der Waals surface area contributed by atoms with Gasteiger partial charge in [-0.15, -0.1) is 37.2 Å². The van der Waals surface area contributed by atoms with Crippen molar-refractivity contribution >= 4 is 48.8 Å². The number of unbranched alkanes of at least 4 members (excludes halogenated alkanes) is 1. The number of nitrogens with zero attached hydrogens (tertiary/aromatic N) is 2. The number of nitrogens with one attached hydrogen (secondary N) is 1. The number of piperazine rings is 1. The van der Waals surface area contributed by atoms with Crippen molar-refractivity contribution in [2.75, 3.05) is 44.2 Å². The van der Waals surface area contributed by atoms with Gasteiger partial charge in [-0.1, -0.05) is 37.5 Å². The molecular formula is C21H37Cl3N4O. The van der Waals surface area contributed by atoms with E-state index in [-0.39, 0.29) is 43.1 Å². The van der Waals surface area contributed by atoms with Crippen LogP contribution in [0.15, 0.2) is 30.3 Å². The van der Waals surface area contributed by atoms with Crippen molar-refractivity contribution in [2.24, 2.45) is 5.73 Å². The summed E-state index contributed by atoms with van der Waals surface area (Å²) in [7, 11) is 0. The molecule has 2 fully saturated rings. The lowest BCUT2D eigenvalue weighted by atomic mass is 9.82. The predicted molar refractivity (Wildman–Crippen MR) is 129 cm³/mol. The minimum atomic E-state index is -0.605. The molecule has 29 heavy (non-hydrogen) atoms. The Morgan fingerprint density at radius 1 is 0.931 bits per heavy atom. The van der Waals surface area contributed by atoms with Crippen LogP contribution in [0.5, 0.6) is 0 Å². The molecule has 5 nitrogen and oxygen atoms in total. The van der Waals surface area contributed by atoms with Crippen LogP contribution in [-0.2, 0) is 4.79 Å². The van der Waals surface area contributed by atoms with Crippen LogP contribution in [-0.4, -0.2) is 55.6 Å². The molecule has 0 atom stereocenters. The Bertz CT molecular complexity index is 562. The van der Waals surface area contributed by atoms with Crippen molar-refractivity contribution in [3.8, 4) is 0 Å². The molecule has 1 aromatic carbocycles. The third-order valence-electron chi connectivity index (χ3n) is 5.88. The highest BCUT2D eigenvalue weighted by Gasteiger charge is 2.34. The third-order valence-corrected chi connectivity index (χ3v) is 5.88. The summed E-state index contributed by atoms with van der Waals surface area (Å²) in [6.45, 7) is 6.29. The maximum absolute atomic E-state index is 12.3. The number of carbonyl (C=O) groups is 1. The average molecular weight is 468 g/mol. The fourth-order valence-electron chi connectivity index (χ4n) is 4.12. The van der Waals surface area contributed by atoms with Crippen molar-refractivity contribution in [3.05, 3.63) is 30.3 Å². The van der Waals surface area contributed by atoms with E-state index < -0.39 is 5.54 Å². The average Bonchev–Trinajstić information content (AvgIpc) is 2.69. The second-order valence-electron chi connectivity index (χ2n) is 7.84. The SMILES string of the molecule is Cl.Cl.Cl.NC1(C(=O)NCCCCN2CCN(c3ccccc3)CC2)CCCCC1. The minimum absolute atomic E-state index is 0. The van der Waals surface area contributed by atoms with E-state index in [1.54, 1.807) is 0 Å². The molecule has 1 aliphatic carbocycles. The van der Waals surface area contributed by atoms with Gasteiger partial charge in [0.25, 0.3) is 0 Å². The van der Waals surface area contributed by atoms with Crippen LogP contribution in [0.2, 0.25) is 0 Å². The number of carbonyl (C=O) groups excluding carboxylic acids is 1. The highest BCUT2D eigenvalue weighted by atomic mass is 35.5. The fourth-order valence-corrected chi connectivity index (χ4v) is 4.12. The number of anilines is 1. The molecule has 1 aliphatic heterocycles. The Morgan fingerprint density at radius 2 is 1.55 bits per heavy atom. The molecule has 3 rings (SSSR count). The van der Waals surface area contributed by atoms with E-state index in [0.717, 1.165) is 77.8 Å². The molecule has 1 amide bonds. The quantitative estimate of drug-likeness (QED) is 0.601. The van der Waals surface area contributed by atoms with Gasteiger partial charge in [-0.05, 0) is 44.4 Å². The maximum atomic E-state index is 12.3. The molecule has 1 heterocycles. The summed E-state index contributed by atoms with van der Waals surface area (Å²) < 4.78 is 0. The van der Waals surface area contributed by atoms with E-state index in [9.17, 15) is 4.79 Å². The highest BCUT2D eigenvalue weighted by Crippen LogP contribution is 2.25. The van der Waals surface area contributed by atoms with Crippen LogP contribution >= 0.6 is 37.2 Å². The van der Waals surface area contributed by atoms with Gasteiger partial charge in [-0.3, -0.25) is 9.69 Å². The van der Waals surface area contributed by atoms with Gasteiger partial charge in [-0.2, -0.15) is 0 Å². The van der Waals surface area contributed by atoms with Gasteiger partial charge in [0, 0.05) is 38.4 Å². The monoisotopic (exact) mass is 466 g/mol. The number of para-hydroxylation sites is 1. The molecule has 168 valence electrons. The fraction of sp³-hybridized carbons (Fsp3) is 0.667. The lowest BCUT2D eigenvalue weighted by molar-refractivity contribution is -0.127. The molecule has 0 unspecified atom stereocenters. The topological polar surface area (TPSA) is 61.6 Å². The zero-order valence-corrected chi connectivity index (χ0v) is 19.6. The Hall–Kier alpha value is -0.720. The number of nitrogens with two attached hydrogens (primary N) is 1. The number of hydrogen-bond acceptors (Lipinski definition) is 4. The standard InChI is InChI=1S/C21H34N4O.3ClH/c22-21(11-5-2-6-12-21)20(26)23-13-7-8-14-24-15-17-25(18-16-24)19-9-3-1-4-10-19;;;/h1,3-4,9-10H,2,5-8,11-18,22H2,(H,23,26);3*1H. The van der Waals surface area contributed by atoms with Crippen molar-refractivity contribution in [1.29, 1.82) is 0 Å².